The van der Waals surface area contributed by atoms with Gasteiger partial charge >= 0.3 is 0 Å². The van der Waals surface area contributed by atoms with E-state index in [1.54, 1.807) is 31.4 Å². The van der Waals surface area contributed by atoms with E-state index in [0.29, 0.717) is 31.0 Å². The minimum atomic E-state index is -3.45. The van der Waals surface area contributed by atoms with Crippen molar-refractivity contribution in [3.8, 4) is 11.5 Å². The van der Waals surface area contributed by atoms with E-state index in [4.69, 9.17) is 9.47 Å². The van der Waals surface area contributed by atoms with Crippen LogP contribution in [0.3, 0.4) is 0 Å². The summed E-state index contributed by atoms with van der Waals surface area (Å²) in [6.07, 6.45) is 1.79. The van der Waals surface area contributed by atoms with Gasteiger partial charge < -0.3 is 14.8 Å². The van der Waals surface area contributed by atoms with Gasteiger partial charge in [-0.25, -0.2) is 8.42 Å². The molecule has 0 bridgehead atoms. The second-order valence-corrected chi connectivity index (χ2v) is 8.55. The summed E-state index contributed by atoms with van der Waals surface area (Å²) in [4.78, 5) is 12.0. The van der Waals surface area contributed by atoms with Crippen LogP contribution in [-0.2, 0) is 14.8 Å². The van der Waals surface area contributed by atoms with Gasteiger partial charge in [-0.05, 0) is 49.7 Å². The normalized spacial score (nSPS) is 11.0. The van der Waals surface area contributed by atoms with Gasteiger partial charge in [0.2, 0.25) is 15.9 Å². The van der Waals surface area contributed by atoms with Gasteiger partial charge in [0.25, 0.3) is 0 Å². The number of benzene rings is 2. The lowest BCUT2D eigenvalue weighted by atomic mass is 10.2. The van der Waals surface area contributed by atoms with Crippen molar-refractivity contribution in [2.75, 3.05) is 37.4 Å². The minimum Gasteiger partial charge on any atom is -0.497 e. The molecule has 7 nitrogen and oxygen atoms in total. The predicted octanol–water partition coefficient (Wildman–Crippen LogP) is 2.75. The third-order valence-electron chi connectivity index (χ3n) is 4.24. The lowest BCUT2D eigenvalue weighted by Gasteiger charge is -2.22. The van der Waals surface area contributed by atoms with Gasteiger partial charge in [0, 0.05) is 13.0 Å². The van der Waals surface area contributed by atoms with Crippen molar-refractivity contribution >= 4 is 21.6 Å². The standard InChI is InChI=1S/C21H28N2O5S/c1-17-6-10-20(11-7-17)28-16-14-22-21(24)5-4-15-23(29(3,25)26)18-8-12-19(27-2)13-9-18/h6-13H,4-5,14-16H2,1-3H3,(H,22,24). The average Bonchev–Trinajstić information content (AvgIpc) is 2.69. The van der Waals surface area contributed by atoms with Crippen molar-refractivity contribution in [1.82, 2.24) is 5.32 Å². The summed E-state index contributed by atoms with van der Waals surface area (Å²) in [5.74, 6) is 1.27. The Bertz CT molecular complexity index is 880. The Balaban J connectivity index is 1.75. The molecule has 0 unspecified atom stereocenters. The molecule has 0 fully saturated rings. The topological polar surface area (TPSA) is 84.9 Å². The zero-order valence-corrected chi connectivity index (χ0v) is 17.9. The number of aryl methyl sites for hydroxylation is 1. The summed E-state index contributed by atoms with van der Waals surface area (Å²) in [6, 6.07) is 14.5. The lowest BCUT2D eigenvalue weighted by molar-refractivity contribution is -0.121. The Labute approximate surface area is 172 Å². The van der Waals surface area contributed by atoms with Gasteiger partial charge in [0.05, 0.1) is 25.6 Å². The highest BCUT2D eigenvalue weighted by molar-refractivity contribution is 7.92. The number of rotatable bonds is 11. The second kappa shape index (κ2) is 10.7. The molecule has 0 atom stereocenters. The molecule has 0 aromatic heterocycles. The molecular weight excluding hydrogens is 392 g/mol. The fraction of sp³-hybridized carbons (Fsp3) is 0.381. The molecular formula is C21H28N2O5S. The molecule has 1 N–H and O–H groups in total. The largest absolute Gasteiger partial charge is 0.497 e. The van der Waals surface area contributed by atoms with E-state index in [2.05, 4.69) is 5.32 Å². The first kappa shape index (κ1) is 22.5. The van der Waals surface area contributed by atoms with Crippen LogP contribution in [0.4, 0.5) is 5.69 Å². The maximum Gasteiger partial charge on any atom is 0.232 e. The number of carbonyl (C=O) groups excluding carboxylic acids is 1. The van der Waals surface area contributed by atoms with Crippen LogP contribution in [0.15, 0.2) is 48.5 Å². The number of methoxy groups -OCH3 is 1. The number of anilines is 1. The van der Waals surface area contributed by atoms with Crippen molar-refractivity contribution in [3.05, 3.63) is 54.1 Å². The van der Waals surface area contributed by atoms with Crippen LogP contribution in [0, 0.1) is 6.92 Å². The van der Waals surface area contributed by atoms with Crippen molar-refractivity contribution in [1.29, 1.82) is 0 Å². The number of amides is 1. The highest BCUT2D eigenvalue weighted by atomic mass is 32.2. The van der Waals surface area contributed by atoms with Crippen LogP contribution in [0.25, 0.3) is 0 Å². The number of sulfonamides is 1. The van der Waals surface area contributed by atoms with Crippen LogP contribution in [-0.4, -0.2) is 47.4 Å². The fourth-order valence-electron chi connectivity index (χ4n) is 2.70. The Morgan fingerprint density at radius 2 is 1.66 bits per heavy atom. The van der Waals surface area contributed by atoms with Crippen LogP contribution in [0.1, 0.15) is 18.4 Å². The second-order valence-electron chi connectivity index (χ2n) is 6.65. The van der Waals surface area contributed by atoms with E-state index in [-0.39, 0.29) is 18.9 Å². The van der Waals surface area contributed by atoms with E-state index in [1.165, 1.54) is 4.31 Å². The van der Waals surface area contributed by atoms with Gasteiger partial charge in [-0.15, -0.1) is 0 Å². The molecule has 2 aromatic rings. The van der Waals surface area contributed by atoms with Crippen LogP contribution >= 0.6 is 0 Å². The molecule has 0 saturated carbocycles. The van der Waals surface area contributed by atoms with Crippen LogP contribution < -0.4 is 19.1 Å². The molecule has 0 spiro atoms. The van der Waals surface area contributed by atoms with E-state index >= 15 is 0 Å². The summed E-state index contributed by atoms with van der Waals surface area (Å²) < 4.78 is 36.2. The van der Waals surface area contributed by atoms with Crippen molar-refractivity contribution in [2.24, 2.45) is 0 Å². The highest BCUT2D eigenvalue weighted by Crippen LogP contribution is 2.21. The van der Waals surface area contributed by atoms with Gasteiger partial charge in [0.1, 0.15) is 18.1 Å². The molecule has 0 heterocycles. The molecule has 0 radical (unpaired) electrons. The van der Waals surface area contributed by atoms with Gasteiger partial charge in [-0.2, -0.15) is 0 Å². The summed E-state index contributed by atoms with van der Waals surface area (Å²) >= 11 is 0. The monoisotopic (exact) mass is 420 g/mol. The first-order chi connectivity index (χ1) is 13.8. The number of ether oxygens (including phenoxy) is 2. The molecule has 2 rings (SSSR count). The summed E-state index contributed by atoms with van der Waals surface area (Å²) in [5.41, 5.74) is 1.70. The average molecular weight is 421 g/mol. The fourth-order valence-corrected chi connectivity index (χ4v) is 3.67. The Morgan fingerprint density at radius 1 is 1.03 bits per heavy atom. The number of nitrogens with one attached hydrogen (secondary N) is 1. The van der Waals surface area contributed by atoms with E-state index in [0.717, 1.165) is 17.6 Å². The number of hydrogen-bond acceptors (Lipinski definition) is 5. The highest BCUT2D eigenvalue weighted by Gasteiger charge is 2.17. The lowest BCUT2D eigenvalue weighted by Crippen LogP contribution is -2.32. The Kier molecular flexibility index (Phi) is 8.33. The zero-order chi connectivity index (χ0) is 21.3. The van der Waals surface area contributed by atoms with Gasteiger partial charge in [-0.1, -0.05) is 17.7 Å². The summed E-state index contributed by atoms with van der Waals surface area (Å²) in [6.45, 7) is 2.99. The molecule has 158 valence electrons. The molecule has 8 heteroatoms. The number of nitrogens with zero attached hydrogens (tertiary/aromatic N) is 1. The van der Waals surface area contributed by atoms with Crippen molar-refractivity contribution < 1.29 is 22.7 Å². The van der Waals surface area contributed by atoms with E-state index in [1.807, 2.05) is 31.2 Å². The third kappa shape index (κ3) is 7.65. The van der Waals surface area contributed by atoms with Gasteiger partial charge in [-0.3, -0.25) is 9.10 Å². The first-order valence-corrected chi connectivity index (χ1v) is 11.2. The zero-order valence-electron chi connectivity index (χ0n) is 17.1. The maximum atomic E-state index is 12.1. The molecule has 1 amide bonds. The minimum absolute atomic E-state index is 0.138. The third-order valence-corrected chi connectivity index (χ3v) is 5.43. The van der Waals surface area contributed by atoms with E-state index < -0.39 is 10.0 Å². The predicted molar refractivity (Wildman–Crippen MR) is 114 cm³/mol. The molecule has 29 heavy (non-hydrogen) atoms. The first-order valence-electron chi connectivity index (χ1n) is 9.37. The molecule has 2 aromatic carbocycles. The molecule has 0 saturated heterocycles. The van der Waals surface area contributed by atoms with Gasteiger partial charge in [0.15, 0.2) is 0 Å². The van der Waals surface area contributed by atoms with E-state index in [9.17, 15) is 13.2 Å². The SMILES string of the molecule is COc1ccc(N(CCCC(=O)NCCOc2ccc(C)cc2)S(C)(=O)=O)cc1. The number of hydrogen-bond donors (Lipinski definition) is 1. The Hall–Kier alpha value is -2.74. The maximum absolute atomic E-state index is 12.1. The quantitative estimate of drug-likeness (QED) is 0.565. The van der Waals surface area contributed by atoms with Crippen molar-refractivity contribution in [2.45, 2.75) is 19.8 Å². The van der Waals surface area contributed by atoms with Crippen molar-refractivity contribution in [3.63, 3.8) is 0 Å². The van der Waals surface area contributed by atoms with Crippen LogP contribution in [0.5, 0.6) is 11.5 Å². The summed E-state index contributed by atoms with van der Waals surface area (Å²) in [5, 5.41) is 2.78. The smallest absolute Gasteiger partial charge is 0.232 e. The molecule has 0 aliphatic carbocycles. The van der Waals surface area contributed by atoms with Crippen LogP contribution in [0.2, 0.25) is 0 Å². The molecule has 0 aliphatic rings. The Morgan fingerprint density at radius 3 is 2.24 bits per heavy atom. The number of carbonyl (C=O) groups is 1. The molecule has 0 aliphatic heterocycles. The summed E-state index contributed by atoms with van der Waals surface area (Å²) in [7, 11) is -1.90.